The van der Waals surface area contributed by atoms with Gasteiger partial charge in [0.05, 0.1) is 24.1 Å². The van der Waals surface area contributed by atoms with Crippen molar-refractivity contribution < 1.29 is 9.47 Å². The van der Waals surface area contributed by atoms with Crippen LogP contribution in [0.3, 0.4) is 0 Å². The second-order valence-corrected chi connectivity index (χ2v) is 9.19. The fourth-order valence-corrected chi connectivity index (χ4v) is 3.40. The Balaban J connectivity index is 1.92. The molecule has 2 aromatic rings. The van der Waals surface area contributed by atoms with Crippen molar-refractivity contribution in [1.82, 2.24) is 19.5 Å². The van der Waals surface area contributed by atoms with Crippen LogP contribution in [0.2, 0.25) is 0 Å². The van der Waals surface area contributed by atoms with Crippen molar-refractivity contribution >= 4 is 22.9 Å². The Morgan fingerprint density at radius 3 is 2.50 bits per heavy atom. The molecule has 0 radical (unpaired) electrons. The minimum Gasteiger partial charge on any atom is -0.382 e. The normalized spacial score (nSPS) is 24.5. The molecule has 3 rings (SSSR count). The van der Waals surface area contributed by atoms with Crippen LogP contribution in [0.5, 0.6) is 0 Å². The molecule has 0 bridgehead atoms. The predicted octanol–water partition coefficient (Wildman–Crippen LogP) is 2.90. The van der Waals surface area contributed by atoms with Gasteiger partial charge in [0.1, 0.15) is 11.7 Å². The van der Waals surface area contributed by atoms with E-state index in [9.17, 15) is 0 Å². The molecule has 8 heteroatoms. The van der Waals surface area contributed by atoms with Gasteiger partial charge in [0, 0.05) is 6.42 Å². The van der Waals surface area contributed by atoms with Crippen LogP contribution in [0.1, 0.15) is 60.6 Å². The number of hydrogen-bond acceptors (Lipinski definition) is 7. The van der Waals surface area contributed by atoms with Gasteiger partial charge in [0.2, 0.25) is 5.95 Å². The van der Waals surface area contributed by atoms with Gasteiger partial charge in [-0.05, 0) is 32.6 Å². The van der Waals surface area contributed by atoms with E-state index in [1.165, 1.54) is 0 Å². The number of aromatic nitrogens is 4. The lowest BCUT2D eigenvalue weighted by molar-refractivity contribution is -0.102. The highest BCUT2D eigenvalue weighted by atomic mass is 16.6. The highest BCUT2D eigenvalue weighted by Gasteiger charge is 2.41. The Morgan fingerprint density at radius 2 is 1.88 bits per heavy atom. The molecule has 0 aromatic carbocycles. The van der Waals surface area contributed by atoms with Gasteiger partial charge in [-0.25, -0.2) is 4.98 Å². The molecule has 3 heterocycles. The molecule has 4 N–H and O–H groups in total. The van der Waals surface area contributed by atoms with Crippen LogP contribution in [-0.4, -0.2) is 37.3 Å². The van der Waals surface area contributed by atoms with Crippen molar-refractivity contribution in [3.63, 3.8) is 0 Å². The topological polar surface area (TPSA) is 114 Å². The molecule has 1 fully saturated rings. The van der Waals surface area contributed by atoms with Gasteiger partial charge in [0.25, 0.3) is 0 Å². The Morgan fingerprint density at radius 1 is 1.19 bits per heavy atom. The maximum absolute atomic E-state index is 6.38. The smallest absolute Gasteiger partial charge is 0.224 e. The summed E-state index contributed by atoms with van der Waals surface area (Å²) in [5, 5.41) is 0. The van der Waals surface area contributed by atoms with Crippen LogP contribution < -0.4 is 11.5 Å². The summed E-state index contributed by atoms with van der Waals surface area (Å²) in [7, 11) is 0. The second kappa shape index (κ2) is 6.35. The average molecular weight is 362 g/mol. The number of hydrogen-bond donors (Lipinski definition) is 2. The number of nitrogens with zero attached hydrogens (tertiary/aromatic N) is 4. The molecule has 1 aliphatic rings. The van der Waals surface area contributed by atoms with Gasteiger partial charge >= 0.3 is 0 Å². The number of ether oxygens (including phenoxy) is 2. The van der Waals surface area contributed by atoms with Crippen molar-refractivity contribution in [1.29, 1.82) is 0 Å². The van der Waals surface area contributed by atoms with E-state index in [1.807, 2.05) is 4.57 Å². The van der Waals surface area contributed by atoms with E-state index >= 15 is 0 Å². The van der Waals surface area contributed by atoms with Gasteiger partial charge in [-0.3, -0.25) is 4.57 Å². The van der Waals surface area contributed by atoms with Crippen molar-refractivity contribution in [2.75, 3.05) is 11.5 Å². The quantitative estimate of drug-likeness (QED) is 0.862. The molecule has 3 atom stereocenters. The number of rotatable bonds is 3. The second-order valence-electron chi connectivity index (χ2n) is 9.19. The first kappa shape index (κ1) is 18.8. The van der Waals surface area contributed by atoms with Gasteiger partial charge in [0.15, 0.2) is 11.5 Å². The molecular weight excluding hydrogens is 332 g/mol. The fraction of sp³-hybridized carbons (Fsp3) is 0.722. The molecular formula is C18H30N6O2. The van der Waals surface area contributed by atoms with Crippen molar-refractivity contribution in [3.05, 3.63) is 6.33 Å². The molecule has 0 spiro atoms. The van der Waals surface area contributed by atoms with E-state index in [1.54, 1.807) is 6.33 Å². The monoisotopic (exact) mass is 362 g/mol. The summed E-state index contributed by atoms with van der Waals surface area (Å²) in [5.41, 5.74) is 12.7. The Bertz CT molecular complexity index is 765. The first-order chi connectivity index (χ1) is 11.9. The maximum atomic E-state index is 6.38. The van der Waals surface area contributed by atoms with E-state index < -0.39 is 0 Å². The van der Waals surface area contributed by atoms with Crippen molar-refractivity contribution in [2.24, 2.45) is 5.41 Å². The number of nitrogens with two attached hydrogens (primary N) is 2. The lowest BCUT2D eigenvalue weighted by Gasteiger charge is -2.31. The lowest BCUT2D eigenvalue weighted by atomic mass is 9.87. The van der Waals surface area contributed by atoms with E-state index in [2.05, 4.69) is 56.5 Å². The van der Waals surface area contributed by atoms with Crippen LogP contribution >= 0.6 is 0 Å². The van der Waals surface area contributed by atoms with Crippen LogP contribution in [0, 0.1) is 5.41 Å². The number of anilines is 2. The first-order valence-electron chi connectivity index (χ1n) is 9.02. The average Bonchev–Trinajstić information content (AvgIpc) is 3.00. The third kappa shape index (κ3) is 4.07. The summed E-state index contributed by atoms with van der Waals surface area (Å²) >= 11 is 0. The number of nitrogen functional groups attached to an aromatic ring is 2. The zero-order valence-electron chi connectivity index (χ0n) is 16.5. The van der Waals surface area contributed by atoms with Gasteiger partial charge in [-0.15, -0.1) is 0 Å². The van der Waals surface area contributed by atoms with Gasteiger partial charge in [-0.1, -0.05) is 20.8 Å². The summed E-state index contributed by atoms with van der Waals surface area (Å²) in [6, 6.07) is 0. The SMILES string of the molecule is CC(C)(C)C[C@H]1O[C@@H](n2cnc3c(N)nc(N)nc32)CC1OC(C)(C)C. The first-order valence-corrected chi connectivity index (χ1v) is 9.02. The van der Waals surface area contributed by atoms with Crippen LogP contribution in [-0.2, 0) is 9.47 Å². The van der Waals surface area contributed by atoms with Crippen molar-refractivity contribution in [3.8, 4) is 0 Å². The van der Waals surface area contributed by atoms with Crippen molar-refractivity contribution in [2.45, 2.75) is 78.4 Å². The fourth-order valence-electron chi connectivity index (χ4n) is 3.40. The molecule has 0 saturated carbocycles. The van der Waals surface area contributed by atoms with Crippen LogP contribution in [0.15, 0.2) is 6.33 Å². The molecule has 26 heavy (non-hydrogen) atoms. The van der Waals surface area contributed by atoms with E-state index in [0.29, 0.717) is 17.6 Å². The van der Waals surface area contributed by atoms with E-state index in [4.69, 9.17) is 20.9 Å². The summed E-state index contributed by atoms with van der Waals surface area (Å²) in [4.78, 5) is 12.6. The molecule has 0 amide bonds. The molecule has 1 unspecified atom stereocenters. The largest absolute Gasteiger partial charge is 0.382 e. The molecule has 2 aromatic heterocycles. The number of imidazole rings is 1. The highest BCUT2D eigenvalue weighted by Crippen LogP contribution is 2.39. The molecule has 1 aliphatic heterocycles. The Kier molecular flexibility index (Phi) is 4.60. The predicted molar refractivity (Wildman–Crippen MR) is 101 cm³/mol. The van der Waals surface area contributed by atoms with Gasteiger partial charge < -0.3 is 20.9 Å². The minimum absolute atomic E-state index is 0.00629. The standard InChI is InChI=1S/C18H30N6O2/c1-17(2,3)8-11-10(26-18(4,5)6)7-12(25-11)24-9-21-13-14(19)22-16(20)23-15(13)24/h9-12H,7-8H2,1-6H3,(H4,19,20,22,23)/t10?,11-,12-/m1/s1. The Hall–Kier alpha value is -1.93. The van der Waals surface area contributed by atoms with E-state index in [-0.39, 0.29) is 41.2 Å². The summed E-state index contributed by atoms with van der Waals surface area (Å²) in [6.07, 6.45) is 3.06. The molecule has 0 aliphatic carbocycles. The van der Waals surface area contributed by atoms with E-state index in [0.717, 1.165) is 6.42 Å². The summed E-state index contributed by atoms with van der Waals surface area (Å²) < 4.78 is 14.6. The highest BCUT2D eigenvalue weighted by molar-refractivity contribution is 5.82. The zero-order chi connectivity index (χ0) is 19.3. The molecule has 1 saturated heterocycles. The summed E-state index contributed by atoms with van der Waals surface area (Å²) in [5.74, 6) is 0.404. The molecule has 8 nitrogen and oxygen atoms in total. The summed E-state index contributed by atoms with van der Waals surface area (Å²) in [6.45, 7) is 12.8. The number of fused-ring (bicyclic) bond motifs is 1. The maximum Gasteiger partial charge on any atom is 0.224 e. The van der Waals surface area contributed by atoms with Crippen LogP contribution in [0.4, 0.5) is 11.8 Å². The third-order valence-electron chi connectivity index (χ3n) is 4.27. The lowest BCUT2D eigenvalue weighted by Crippen LogP contribution is -2.35. The molecule has 144 valence electrons. The zero-order valence-corrected chi connectivity index (χ0v) is 16.5. The third-order valence-corrected chi connectivity index (χ3v) is 4.27. The van der Waals surface area contributed by atoms with Crippen LogP contribution in [0.25, 0.3) is 11.2 Å². The minimum atomic E-state index is -0.243. The van der Waals surface area contributed by atoms with Gasteiger partial charge in [-0.2, -0.15) is 9.97 Å². The Labute approximate surface area is 154 Å².